The largest absolute Gasteiger partial charge is 0.330 e. The number of hydrogen-bond acceptors (Lipinski definition) is 2. The highest BCUT2D eigenvalue weighted by atomic mass is 35.5. The first kappa shape index (κ1) is 16.0. The van der Waals surface area contributed by atoms with Gasteiger partial charge in [0.15, 0.2) is 0 Å². The zero-order valence-corrected chi connectivity index (χ0v) is 13.3. The van der Waals surface area contributed by atoms with Gasteiger partial charge < -0.3 is 5.73 Å². The Balaban J connectivity index is 2.36. The fourth-order valence-electron chi connectivity index (χ4n) is 2.64. The number of rotatable bonds is 6. The van der Waals surface area contributed by atoms with E-state index in [1.807, 2.05) is 4.68 Å². The molecule has 0 saturated carbocycles. The number of aryl methyl sites for hydroxylation is 1. The van der Waals surface area contributed by atoms with Crippen LogP contribution in [-0.2, 0) is 25.8 Å². The Labute approximate surface area is 129 Å². The monoisotopic (exact) mass is 309 g/mol. The molecule has 0 atom stereocenters. The number of benzene rings is 1. The second-order valence-electron chi connectivity index (χ2n) is 5.02. The van der Waals surface area contributed by atoms with E-state index in [9.17, 15) is 4.39 Å². The van der Waals surface area contributed by atoms with Crippen LogP contribution in [0.3, 0.4) is 0 Å². The van der Waals surface area contributed by atoms with Crippen molar-refractivity contribution >= 4 is 11.6 Å². The van der Waals surface area contributed by atoms with E-state index in [2.05, 4.69) is 18.9 Å². The normalized spacial score (nSPS) is 11.1. The second kappa shape index (κ2) is 7.05. The highest BCUT2D eigenvalue weighted by Gasteiger charge is 2.15. The summed E-state index contributed by atoms with van der Waals surface area (Å²) in [5.74, 6) is -0.394. The van der Waals surface area contributed by atoms with E-state index >= 15 is 0 Å². The van der Waals surface area contributed by atoms with E-state index < -0.39 is 5.82 Å². The van der Waals surface area contributed by atoms with E-state index in [1.54, 1.807) is 12.1 Å². The average Bonchev–Trinajstić information content (AvgIpc) is 2.80. The number of hydrogen-bond donors (Lipinski definition) is 1. The Bertz CT molecular complexity index is 622. The number of nitrogens with zero attached hydrogens (tertiary/aromatic N) is 2. The van der Waals surface area contributed by atoms with Crippen LogP contribution in [0, 0.1) is 5.82 Å². The highest BCUT2D eigenvalue weighted by Crippen LogP contribution is 2.20. The van der Waals surface area contributed by atoms with Crippen molar-refractivity contribution in [2.75, 3.05) is 6.54 Å². The SMILES string of the molecule is CCc1nn(Cc2ccc(F)c(Cl)c2)c(CC)c1CCN. The number of nitrogens with two attached hydrogens (primary N) is 1. The number of halogens is 2. The molecule has 0 unspecified atom stereocenters. The minimum absolute atomic E-state index is 0.149. The lowest BCUT2D eigenvalue weighted by atomic mass is 10.1. The predicted molar refractivity (Wildman–Crippen MR) is 84.3 cm³/mol. The Hall–Kier alpha value is -1.39. The topological polar surface area (TPSA) is 43.8 Å². The molecule has 114 valence electrons. The van der Waals surface area contributed by atoms with Crippen LogP contribution in [0.2, 0.25) is 5.02 Å². The maximum atomic E-state index is 13.2. The second-order valence-corrected chi connectivity index (χ2v) is 5.43. The standard InChI is InChI=1S/C16H21ClFN3/c1-3-15-12(7-8-19)16(4-2)21(20-15)10-11-5-6-14(18)13(17)9-11/h5-6,9H,3-4,7-8,10,19H2,1-2H3. The molecule has 0 radical (unpaired) electrons. The minimum atomic E-state index is -0.394. The molecular weight excluding hydrogens is 289 g/mol. The predicted octanol–water partition coefficient (Wildman–Crippen LogP) is 3.35. The molecule has 21 heavy (non-hydrogen) atoms. The van der Waals surface area contributed by atoms with Crippen LogP contribution in [0.1, 0.15) is 36.4 Å². The highest BCUT2D eigenvalue weighted by molar-refractivity contribution is 6.30. The molecule has 0 bridgehead atoms. The third-order valence-corrected chi connectivity index (χ3v) is 3.92. The van der Waals surface area contributed by atoms with E-state index in [1.165, 1.54) is 17.3 Å². The Morgan fingerprint density at radius 3 is 2.62 bits per heavy atom. The van der Waals surface area contributed by atoms with Crippen molar-refractivity contribution in [1.29, 1.82) is 0 Å². The molecule has 0 aliphatic heterocycles. The third kappa shape index (κ3) is 3.44. The molecule has 0 fully saturated rings. The maximum Gasteiger partial charge on any atom is 0.141 e. The molecule has 0 saturated heterocycles. The van der Waals surface area contributed by atoms with Crippen LogP contribution in [0.25, 0.3) is 0 Å². The van der Waals surface area contributed by atoms with Crippen LogP contribution < -0.4 is 5.73 Å². The summed E-state index contributed by atoms with van der Waals surface area (Å²) < 4.78 is 15.2. The van der Waals surface area contributed by atoms with Gasteiger partial charge in [0.05, 0.1) is 17.3 Å². The average molecular weight is 310 g/mol. The van der Waals surface area contributed by atoms with Gasteiger partial charge in [0.2, 0.25) is 0 Å². The molecule has 2 aromatic rings. The molecule has 0 amide bonds. The molecule has 0 aliphatic carbocycles. The Morgan fingerprint density at radius 2 is 2.05 bits per heavy atom. The summed E-state index contributed by atoms with van der Waals surface area (Å²) in [6, 6.07) is 4.80. The van der Waals surface area contributed by atoms with Crippen LogP contribution in [0.15, 0.2) is 18.2 Å². The zero-order chi connectivity index (χ0) is 15.4. The number of aromatic nitrogens is 2. The van der Waals surface area contributed by atoms with Crippen molar-refractivity contribution in [3.63, 3.8) is 0 Å². The Morgan fingerprint density at radius 1 is 1.29 bits per heavy atom. The molecule has 1 aromatic carbocycles. The first-order valence-electron chi connectivity index (χ1n) is 7.32. The van der Waals surface area contributed by atoms with E-state index in [0.29, 0.717) is 13.1 Å². The van der Waals surface area contributed by atoms with Gasteiger partial charge in [-0.2, -0.15) is 5.10 Å². The molecule has 2 N–H and O–H groups in total. The van der Waals surface area contributed by atoms with Gasteiger partial charge in [-0.3, -0.25) is 4.68 Å². The van der Waals surface area contributed by atoms with Crippen molar-refractivity contribution < 1.29 is 4.39 Å². The fraction of sp³-hybridized carbons (Fsp3) is 0.438. The molecule has 0 spiro atoms. The lowest BCUT2D eigenvalue weighted by Gasteiger charge is -2.08. The van der Waals surface area contributed by atoms with Crippen molar-refractivity contribution in [1.82, 2.24) is 9.78 Å². The van der Waals surface area contributed by atoms with E-state index in [-0.39, 0.29) is 5.02 Å². The van der Waals surface area contributed by atoms with Crippen molar-refractivity contribution in [3.05, 3.63) is 51.6 Å². The minimum Gasteiger partial charge on any atom is -0.330 e. The summed E-state index contributed by atoms with van der Waals surface area (Å²) in [6.45, 7) is 5.43. The van der Waals surface area contributed by atoms with Crippen LogP contribution in [-0.4, -0.2) is 16.3 Å². The maximum absolute atomic E-state index is 13.2. The fourth-order valence-corrected chi connectivity index (χ4v) is 2.85. The zero-order valence-electron chi connectivity index (χ0n) is 12.5. The molecule has 3 nitrogen and oxygen atoms in total. The first-order valence-corrected chi connectivity index (χ1v) is 7.69. The van der Waals surface area contributed by atoms with Gasteiger partial charge in [-0.25, -0.2) is 4.39 Å². The first-order chi connectivity index (χ1) is 10.1. The summed E-state index contributed by atoms with van der Waals surface area (Å²) >= 11 is 5.85. The van der Waals surface area contributed by atoms with Crippen LogP contribution in [0.5, 0.6) is 0 Å². The van der Waals surface area contributed by atoms with Gasteiger partial charge in [0, 0.05) is 5.69 Å². The van der Waals surface area contributed by atoms with Gasteiger partial charge in [0.1, 0.15) is 5.82 Å². The van der Waals surface area contributed by atoms with E-state index in [0.717, 1.165) is 30.5 Å². The van der Waals surface area contributed by atoms with Gasteiger partial charge in [-0.05, 0) is 49.1 Å². The molecule has 0 aliphatic rings. The molecule has 1 aromatic heterocycles. The summed E-state index contributed by atoms with van der Waals surface area (Å²) in [5.41, 5.74) is 10.2. The van der Waals surface area contributed by atoms with Gasteiger partial charge in [-0.1, -0.05) is 31.5 Å². The summed E-state index contributed by atoms with van der Waals surface area (Å²) in [4.78, 5) is 0. The molecular formula is C16H21ClFN3. The molecule has 5 heteroatoms. The Kier molecular flexibility index (Phi) is 5.37. The van der Waals surface area contributed by atoms with Crippen molar-refractivity contribution in [2.45, 2.75) is 39.7 Å². The van der Waals surface area contributed by atoms with Crippen molar-refractivity contribution in [2.24, 2.45) is 5.73 Å². The van der Waals surface area contributed by atoms with Crippen LogP contribution >= 0.6 is 11.6 Å². The summed E-state index contributed by atoms with van der Waals surface area (Å²) in [6.07, 6.45) is 2.63. The van der Waals surface area contributed by atoms with Gasteiger partial charge in [0.25, 0.3) is 0 Å². The van der Waals surface area contributed by atoms with E-state index in [4.69, 9.17) is 17.3 Å². The summed E-state index contributed by atoms with van der Waals surface area (Å²) in [5, 5.41) is 4.84. The molecule has 2 rings (SSSR count). The van der Waals surface area contributed by atoms with Gasteiger partial charge >= 0.3 is 0 Å². The quantitative estimate of drug-likeness (QED) is 0.889. The summed E-state index contributed by atoms with van der Waals surface area (Å²) in [7, 11) is 0. The van der Waals surface area contributed by atoms with Crippen molar-refractivity contribution in [3.8, 4) is 0 Å². The smallest absolute Gasteiger partial charge is 0.141 e. The lowest BCUT2D eigenvalue weighted by Crippen LogP contribution is -2.09. The van der Waals surface area contributed by atoms with Gasteiger partial charge in [-0.15, -0.1) is 0 Å². The third-order valence-electron chi connectivity index (χ3n) is 3.63. The lowest BCUT2D eigenvalue weighted by molar-refractivity contribution is 0.619. The van der Waals surface area contributed by atoms with Crippen LogP contribution in [0.4, 0.5) is 4.39 Å². The molecule has 1 heterocycles.